The molecule has 1 radical (unpaired) electrons. The molecule has 12 heavy (non-hydrogen) atoms. The Morgan fingerprint density at radius 2 is 2.50 bits per heavy atom. The molecule has 69 valence electrons. The number of amides is 1. The Kier molecular flexibility index (Phi) is 3.49. The molecule has 1 heterocycles. The second-order valence-electron chi connectivity index (χ2n) is 3.14. The fourth-order valence-corrected chi connectivity index (χ4v) is 1.33. The number of piperazine rings is 1. The van der Waals surface area contributed by atoms with Crippen LogP contribution in [0, 0.1) is 0 Å². The molecule has 0 bridgehead atoms. The summed E-state index contributed by atoms with van der Waals surface area (Å²) in [4.78, 5) is 13.2. The lowest BCUT2D eigenvalue weighted by molar-refractivity contribution is -0.121. The molecule has 0 spiro atoms. The van der Waals surface area contributed by atoms with E-state index in [0.717, 1.165) is 19.6 Å². The predicted octanol–water partition coefficient (Wildman–Crippen LogP) is -0.959. The smallest absolute Gasteiger partial charge is 0.221 e. The molecular weight excluding hydrogens is 154 g/mol. The van der Waals surface area contributed by atoms with Gasteiger partial charge < -0.3 is 10.2 Å². The Hall–Kier alpha value is -0.610. The van der Waals surface area contributed by atoms with Gasteiger partial charge in [0.15, 0.2) is 0 Å². The monoisotopic (exact) mass is 170 g/mol. The SMILES string of the molecule is CNC(=O)CC1C[N]CCN1C. The molecule has 0 aliphatic carbocycles. The normalized spacial score (nSPS) is 25.3. The summed E-state index contributed by atoms with van der Waals surface area (Å²) in [6.07, 6.45) is 0.566. The molecule has 1 amide bonds. The number of hydrogen-bond donors (Lipinski definition) is 1. The first-order valence-electron chi connectivity index (χ1n) is 4.28. The van der Waals surface area contributed by atoms with Crippen LogP contribution in [0.2, 0.25) is 0 Å². The van der Waals surface area contributed by atoms with Crippen molar-refractivity contribution >= 4 is 5.91 Å². The molecule has 4 nitrogen and oxygen atoms in total. The van der Waals surface area contributed by atoms with Crippen LogP contribution in [-0.4, -0.2) is 50.6 Å². The van der Waals surface area contributed by atoms with Crippen LogP contribution in [0.25, 0.3) is 0 Å². The molecule has 1 N–H and O–H groups in total. The minimum Gasteiger partial charge on any atom is -0.359 e. The highest BCUT2D eigenvalue weighted by Gasteiger charge is 2.21. The van der Waals surface area contributed by atoms with E-state index in [4.69, 9.17) is 0 Å². The minimum atomic E-state index is 0.101. The maximum absolute atomic E-state index is 11.0. The molecule has 1 rings (SSSR count). The fourth-order valence-electron chi connectivity index (χ4n) is 1.33. The van der Waals surface area contributed by atoms with Crippen molar-refractivity contribution in [2.75, 3.05) is 33.7 Å². The highest BCUT2D eigenvalue weighted by atomic mass is 16.1. The van der Waals surface area contributed by atoms with Gasteiger partial charge in [0.25, 0.3) is 0 Å². The Morgan fingerprint density at radius 3 is 3.08 bits per heavy atom. The van der Waals surface area contributed by atoms with E-state index < -0.39 is 0 Å². The van der Waals surface area contributed by atoms with Crippen LogP contribution < -0.4 is 10.6 Å². The van der Waals surface area contributed by atoms with Crippen molar-refractivity contribution < 1.29 is 4.79 Å². The molecule has 0 saturated carbocycles. The third kappa shape index (κ3) is 2.46. The van der Waals surface area contributed by atoms with Gasteiger partial charge in [-0.05, 0) is 7.05 Å². The van der Waals surface area contributed by atoms with Gasteiger partial charge in [-0.2, -0.15) is 0 Å². The topological polar surface area (TPSA) is 46.4 Å². The lowest BCUT2D eigenvalue weighted by Crippen LogP contribution is -2.48. The number of nitrogens with one attached hydrogen (secondary N) is 1. The number of rotatable bonds is 2. The third-order valence-corrected chi connectivity index (χ3v) is 2.27. The summed E-state index contributed by atoms with van der Waals surface area (Å²) in [6, 6.07) is 0.304. The van der Waals surface area contributed by atoms with Crippen molar-refractivity contribution in [3.63, 3.8) is 0 Å². The molecule has 1 aliphatic rings. The summed E-state index contributed by atoms with van der Waals surface area (Å²) in [5.74, 6) is 0.101. The van der Waals surface area contributed by atoms with Crippen LogP contribution >= 0.6 is 0 Å². The van der Waals surface area contributed by atoms with Crippen molar-refractivity contribution in [3.05, 3.63) is 0 Å². The molecule has 4 heteroatoms. The van der Waals surface area contributed by atoms with E-state index in [2.05, 4.69) is 15.5 Å². The van der Waals surface area contributed by atoms with Crippen LogP contribution in [-0.2, 0) is 4.79 Å². The molecule has 1 unspecified atom stereocenters. The van der Waals surface area contributed by atoms with E-state index in [1.165, 1.54) is 0 Å². The van der Waals surface area contributed by atoms with E-state index in [1.807, 2.05) is 7.05 Å². The molecule has 1 atom stereocenters. The Bertz CT molecular complexity index is 160. The predicted molar refractivity (Wildman–Crippen MR) is 47.0 cm³/mol. The highest BCUT2D eigenvalue weighted by molar-refractivity contribution is 5.76. The van der Waals surface area contributed by atoms with Crippen LogP contribution in [0.5, 0.6) is 0 Å². The number of carbonyl (C=O) groups excluding carboxylic acids is 1. The summed E-state index contributed by atoms with van der Waals surface area (Å²) < 4.78 is 0. The zero-order valence-corrected chi connectivity index (χ0v) is 7.71. The number of likely N-dealkylation sites (N-methyl/N-ethyl adjacent to an activating group) is 1. The molecular formula is C8H16N3O. The van der Waals surface area contributed by atoms with E-state index in [1.54, 1.807) is 7.05 Å². The van der Waals surface area contributed by atoms with Crippen molar-refractivity contribution in [1.29, 1.82) is 0 Å². The molecule has 0 aromatic heterocycles. The lowest BCUT2D eigenvalue weighted by Gasteiger charge is -2.31. The van der Waals surface area contributed by atoms with Crippen LogP contribution in [0.4, 0.5) is 0 Å². The second-order valence-corrected chi connectivity index (χ2v) is 3.14. The second kappa shape index (κ2) is 4.42. The van der Waals surface area contributed by atoms with Gasteiger partial charge in [-0.25, -0.2) is 5.32 Å². The maximum atomic E-state index is 11.0. The van der Waals surface area contributed by atoms with E-state index in [9.17, 15) is 4.79 Å². The van der Waals surface area contributed by atoms with Crippen molar-refractivity contribution in [3.8, 4) is 0 Å². The molecule has 0 aromatic carbocycles. The Morgan fingerprint density at radius 1 is 1.75 bits per heavy atom. The van der Waals surface area contributed by atoms with Gasteiger partial charge >= 0.3 is 0 Å². The summed E-state index contributed by atoms with van der Waals surface area (Å²) in [7, 11) is 3.71. The van der Waals surface area contributed by atoms with Crippen LogP contribution in [0.1, 0.15) is 6.42 Å². The zero-order chi connectivity index (χ0) is 8.97. The quantitative estimate of drug-likeness (QED) is 0.580. The van der Waals surface area contributed by atoms with E-state index in [-0.39, 0.29) is 5.91 Å². The molecule has 0 aromatic rings. The van der Waals surface area contributed by atoms with Crippen molar-refractivity contribution in [2.24, 2.45) is 0 Å². The largest absolute Gasteiger partial charge is 0.359 e. The van der Waals surface area contributed by atoms with Gasteiger partial charge in [-0.3, -0.25) is 4.79 Å². The average molecular weight is 170 g/mol. The Balaban J connectivity index is 2.33. The molecule has 1 aliphatic heterocycles. The van der Waals surface area contributed by atoms with Gasteiger partial charge in [0, 0.05) is 39.1 Å². The maximum Gasteiger partial charge on any atom is 0.221 e. The first-order valence-corrected chi connectivity index (χ1v) is 4.28. The summed E-state index contributed by atoms with van der Waals surface area (Å²) >= 11 is 0. The number of carbonyl (C=O) groups is 1. The van der Waals surface area contributed by atoms with E-state index in [0.29, 0.717) is 12.5 Å². The highest BCUT2D eigenvalue weighted by Crippen LogP contribution is 2.04. The summed E-state index contributed by atoms with van der Waals surface area (Å²) in [6.45, 7) is 2.67. The van der Waals surface area contributed by atoms with Gasteiger partial charge in [0.1, 0.15) is 0 Å². The van der Waals surface area contributed by atoms with Gasteiger partial charge in [0.2, 0.25) is 5.91 Å². The fraction of sp³-hybridized carbons (Fsp3) is 0.875. The first kappa shape index (κ1) is 9.48. The minimum absolute atomic E-state index is 0.101. The third-order valence-electron chi connectivity index (χ3n) is 2.27. The Labute approximate surface area is 73.3 Å². The average Bonchev–Trinajstić information content (AvgIpc) is 2.09. The molecule has 1 fully saturated rings. The van der Waals surface area contributed by atoms with Gasteiger partial charge in [-0.1, -0.05) is 0 Å². The summed E-state index contributed by atoms with van der Waals surface area (Å²) in [5.41, 5.74) is 0. The number of nitrogens with zero attached hydrogens (tertiary/aromatic N) is 2. The first-order chi connectivity index (χ1) is 5.74. The number of hydrogen-bond acceptors (Lipinski definition) is 2. The van der Waals surface area contributed by atoms with Gasteiger partial charge in [0.05, 0.1) is 0 Å². The lowest BCUT2D eigenvalue weighted by atomic mass is 10.1. The van der Waals surface area contributed by atoms with Crippen molar-refractivity contribution in [1.82, 2.24) is 15.5 Å². The van der Waals surface area contributed by atoms with Gasteiger partial charge in [-0.15, -0.1) is 0 Å². The molecule has 1 saturated heterocycles. The zero-order valence-electron chi connectivity index (χ0n) is 7.71. The van der Waals surface area contributed by atoms with Crippen LogP contribution in [0.15, 0.2) is 0 Å². The van der Waals surface area contributed by atoms with Crippen molar-refractivity contribution in [2.45, 2.75) is 12.5 Å². The van der Waals surface area contributed by atoms with Crippen LogP contribution in [0.3, 0.4) is 0 Å². The van der Waals surface area contributed by atoms with E-state index >= 15 is 0 Å². The standard InChI is InChI=1S/C8H16N3O/c1-9-8(12)5-7-6-10-3-4-11(7)2/h7H,3-6H2,1-2H3,(H,9,12). The summed E-state index contributed by atoms with van der Waals surface area (Å²) in [5, 5.41) is 6.90.